The minimum absolute atomic E-state index is 0.000310. The van der Waals surface area contributed by atoms with Gasteiger partial charge in [0.05, 0.1) is 17.9 Å². The molecule has 230 valence electrons. The van der Waals surface area contributed by atoms with E-state index in [0.717, 1.165) is 4.90 Å². The van der Waals surface area contributed by atoms with Gasteiger partial charge in [0.1, 0.15) is 16.8 Å². The molecule has 0 unspecified atom stereocenters. The number of carbonyl (C=O) groups excluding carboxylic acids is 4. The van der Waals surface area contributed by atoms with E-state index in [4.69, 9.17) is 18.9 Å². The summed E-state index contributed by atoms with van der Waals surface area (Å²) in [5.41, 5.74) is -1.96. The molecular weight excluding hydrogens is 598 g/mol. The van der Waals surface area contributed by atoms with Gasteiger partial charge in [0.25, 0.3) is 0 Å². The van der Waals surface area contributed by atoms with Crippen molar-refractivity contribution in [2.45, 2.75) is 92.6 Å². The minimum Gasteiger partial charge on any atom is -0.462 e. The van der Waals surface area contributed by atoms with Gasteiger partial charge >= 0.3 is 24.2 Å². The molecule has 2 rings (SSSR count). The predicted molar refractivity (Wildman–Crippen MR) is 158 cm³/mol. The molecule has 1 aromatic carbocycles. The van der Waals surface area contributed by atoms with Crippen LogP contribution in [-0.4, -0.2) is 83.6 Å². The van der Waals surface area contributed by atoms with Crippen LogP contribution in [0.15, 0.2) is 16.6 Å². The Morgan fingerprint density at radius 3 is 1.73 bits per heavy atom. The molecule has 0 atom stereocenters. The lowest BCUT2D eigenvalue weighted by molar-refractivity contribution is 0.0137. The summed E-state index contributed by atoms with van der Waals surface area (Å²) in [5.74, 6) is -0.711. The zero-order chi connectivity index (χ0) is 31.3. The number of benzene rings is 1. The summed E-state index contributed by atoms with van der Waals surface area (Å²) >= 11 is 3.46. The SMILES string of the molecule is CCOC(=O)c1cc(Br)cc(CN2CCN(C(=O)OC(C)(C)C)CC2)c1N(C(=O)OC(C)(C)C)C(=O)OC(C)(C)C. The van der Waals surface area contributed by atoms with Crippen LogP contribution in [0.3, 0.4) is 0 Å². The van der Waals surface area contributed by atoms with Crippen molar-refractivity contribution in [3.63, 3.8) is 0 Å². The third kappa shape index (κ3) is 10.8. The van der Waals surface area contributed by atoms with Gasteiger partial charge in [-0.15, -0.1) is 0 Å². The lowest BCUT2D eigenvalue weighted by Gasteiger charge is -2.36. The van der Waals surface area contributed by atoms with Crippen molar-refractivity contribution in [1.82, 2.24) is 9.80 Å². The van der Waals surface area contributed by atoms with Crippen LogP contribution in [0.4, 0.5) is 20.1 Å². The Morgan fingerprint density at radius 2 is 1.29 bits per heavy atom. The summed E-state index contributed by atoms with van der Waals surface area (Å²) in [6.45, 7) is 19.4. The molecule has 1 aliphatic heterocycles. The van der Waals surface area contributed by atoms with Crippen molar-refractivity contribution in [1.29, 1.82) is 0 Å². The standard InChI is InChI=1S/C29H44BrN3O8/c1-11-38-23(34)21-17-20(30)16-19(18-31-12-14-32(15-13-31)24(35)39-27(2,3)4)22(21)33(25(36)40-28(5,6)7)26(37)41-29(8,9)10/h16-17H,11-15,18H2,1-10H3. The van der Waals surface area contributed by atoms with E-state index < -0.39 is 35.0 Å². The third-order valence-electron chi connectivity index (χ3n) is 5.44. The maximum absolute atomic E-state index is 13.5. The summed E-state index contributed by atoms with van der Waals surface area (Å²) in [6, 6.07) is 3.24. The molecule has 0 aromatic heterocycles. The van der Waals surface area contributed by atoms with Crippen molar-refractivity contribution in [3.8, 4) is 0 Å². The summed E-state index contributed by atoms with van der Waals surface area (Å²) < 4.78 is 22.5. The molecule has 12 heteroatoms. The van der Waals surface area contributed by atoms with E-state index in [1.54, 1.807) is 59.4 Å². The van der Waals surface area contributed by atoms with Gasteiger partial charge in [0.15, 0.2) is 0 Å². The number of esters is 1. The molecule has 1 aliphatic rings. The first-order chi connectivity index (χ1) is 18.7. The predicted octanol–water partition coefficient (Wildman–Crippen LogP) is 6.36. The first-order valence-electron chi connectivity index (χ1n) is 13.7. The minimum atomic E-state index is -0.990. The van der Waals surface area contributed by atoms with Crippen molar-refractivity contribution in [3.05, 3.63) is 27.7 Å². The molecule has 0 radical (unpaired) electrons. The van der Waals surface area contributed by atoms with Crippen LogP contribution < -0.4 is 4.90 Å². The van der Waals surface area contributed by atoms with Gasteiger partial charge < -0.3 is 23.8 Å². The zero-order valence-electron chi connectivity index (χ0n) is 25.9. The fourth-order valence-corrected chi connectivity index (χ4v) is 4.44. The summed E-state index contributed by atoms with van der Waals surface area (Å²) in [5, 5.41) is 0. The van der Waals surface area contributed by atoms with E-state index in [1.807, 2.05) is 20.8 Å². The lowest BCUT2D eigenvalue weighted by atomic mass is 10.0. The summed E-state index contributed by atoms with van der Waals surface area (Å²) in [6.07, 6.45) is -2.36. The average molecular weight is 643 g/mol. The second kappa shape index (κ2) is 13.4. The highest BCUT2D eigenvalue weighted by molar-refractivity contribution is 9.10. The Labute approximate surface area is 251 Å². The molecule has 0 saturated carbocycles. The lowest BCUT2D eigenvalue weighted by Crippen LogP contribution is -2.50. The monoisotopic (exact) mass is 641 g/mol. The van der Waals surface area contributed by atoms with Gasteiger partial charge in [-0.2, -0.15) is 4.90 Å². The van der Waals surface area contributed by atoms with Crippen LogP contribution in [0.5, 0.6) is 0 Å². The van der Waals surface area contributed by atoms with Crippen molar-refractivity contribution < 1.29 is 38.1 Å². The zero-order valence-corrected chi connectivity index (χ0v) is 27.5. The van der Waals surface area contributed by atoms with Crippen molar-refractivity contribution >= 4 is 45.9 Å². The molecule has 1 heterocycles. The van der Waals surface area contributed by atoms with Crippen LogP contribution in [0, 0.1) is 0 Å². The Kier molecular flexibility index (Phi) is 11.2. The van der Waals surface area contributed by atoms with Crippen LogP contribution in [-0.2, 0) is 25.5 Å². The highest BCUT2D eigenvalue weighted by atomic mass is 79.9. The number of halogens is 1. The smallest absolute Gasteiger partial charge is 0.424 e. The van der Waals surface area contributed by atoms with Crippen LogP contribution >= 0.6 is 15.9 Å². The van der Waals surface area contributed by atoms with Crippen LogP contribution in [0.1, 0.15) is 85.2 Å². The molecule has 1 fully saturated rings. The molecule has 11 nitrogen and oxygen atoms in total. The second-order valence-electron chi connectivity index (χ2n) is 12.7. The van der Waals surface area contributed by atoms with Crippen molar-refractivity contribution in [2.75, 3.05) is 37.7 Å². The number of amides is 3. The summed E-state index contributed by atoms with van der Waals surface area (Å²) in [7, 11) is 0. The summed E-state index contributed by atoms with van der Waals surface area (Å²) in [4.78, 5) is 57.3. The molecule has 0 aliphatic carbocycles. The van der Waals surface area contributed by atoms with E-state index in [0.29, 0.717) is 36.2 Å². The van der Waals surface area contributed by atoms with Crippen LogP contribution in [0.25, 0.3) is 0 Å². The number of imide groups is 1. The largest absolute Gasteiger partial charge is 0.462 e. The Bertz CT molecular complexity index is 1100. The Morgan fingerprint density at radius 1 is 0.805 bits per heavy atom. The van der Waals surface area contributed by atoms with Gasteiger partial charge in [0.2, 0.25) is 0 Å². The molecular formula is C29H44BrN3O8. The van der Waals surface area contributed by atoms with E-state index in [1.165, 1.54) is 6.07 Å². The van der Waals surface area contributed by atoms with Gasteiger partial charge in [-0.05, 0) is 86.9 Å². The van der Waals surface area contributed by atoms with E-state index in [2.05, 4.69) is 20.8 Å². The number of carbonyl (C=O) groups is 4. The Balaban J connectivity index is 2.55. The van der Waals surface area contributed by atoms with Crippen molar-refractivity contribution in [2.24, 2.45) is 0 Å². The maximum Gasteiger partial charge on any atom is 0.424 e. The molecule has 0 bridgehead atoms. The molecule has 1 saturated heterocycles. The van der Waals surface area contributed by atoms with Gasteiger partial charge in [-0.25, -0.2) is 19.2 Å². The Hall–Kier alpha value is -2.86. The highest BCUT2D eigenvalue weighted by Crippen LogP contribution is 2.34. The molecule has 0 N–H and O–H groups in total. The molecule has 3 amide bonds. The van der Waals surface area contributed by atoms with E-state index in [9.17, 15) is 19.2 Å². The molecule has 0 spiro atoms. The topological polar surface area (TPSA) is 115 Å². The fourth-order valence-electron chi connectivity index (χ4n) is 3.93. The fraction of sp³-hybridized carbons (Fsp3) is 0.655. The van der Waals surface area contributed by atoms with Gasteiger partial charge in [0, 0.05) is 37.2 Å². The molecule has 1 aromatic rings. The number of nitrogens with zero attached hydrogens (tertiary/aromatic N) is 3. The normalized spacial score (nSPS) is 14.8. The number of ether oxygens (including phenoxy) is 4. The number of rotatable bonds is 5. The second-order valence-corrected chi connectivity index (χ2v) is 13.6. The molecule has 41 heavy (non-hydrogen) atoms. The quantitative estimate of drug-likeness (QED) is 0.268. The number of piperazine rings is 1. The van der Waals surface area contributed by atoms with E-state index >= 15 is 0 Å². The highest BCUT2D eigenvalue weighted by Gasteiger charge is 2.38. The first-order valence-corrected chi connectivity index (χ1v) is 14.5. The van der Waals surface area contributed by atoms with Crippen LogP contribution in [0.2, 0.25) is 0 Å². The average Bonchev–Trinajstić information content (AvgIpc) is 2.77. The number of anilines is 1. The van der Waals surface area contributed by atoms with Gasteiger partial charge in [-0.3, -0.25) is 4.90 Å². The third-order valence-corrected chi connectivity index (χ3v) is 5.90. The number of hydrogen-bond donors (Lipinski definition) is 0. The first kappa shape index (κ1) is 34.3. The van der Waals surface area contributed by atoms with Gasteiger partial charge in [-0.1, -0.05) is 15.9 Å². The van der Waals surface area contributed by atoms with E-state index in [-0.39, 0.29) is 30.5 Å². The maximum atomic E-state index is 13.5. The number of hydrogen-bond acceptors (Lipinski definition) is 9.